The highest BCUT2D eigenvalue weighted by Crippen LogP contribution is 2.50. The van der Waals surface area contributed by atoms with Crippen LogP contribution in [0.4, 0.5) is 4.39 Å². The number of benzene rings is 1. The van der Waals surface area contributed by atoms with Crippen molar-refractivity contribution in [1.82, 2.24) is 0 Å². The topological polar surface area (TPSA) is 26.0 Å². The molecule has 3 heteroatoms. The predicted molar refractivity (Wildman–Crippen MR) is 71.9 cm³/mol. The molecule has 2 saturated carbocycles. The fourth-order valence-electron chi connectivity index (χ4n) is 3.87. The molecule has 2 N–H and O–H groups in total. The molecule has 4 atom stereocenters. The highest BCUT2D eigenvalue weighted by Gasteiger charge is 2.39. The molecule has 0 saturated heterocycles. The minimum absolute atomic E-state index is 0.0545. The first-order chi connectivity index (χ1) is 8.63. The summed E-state index contributed by atoms with van der Waals surface area (Å²) in [6, 6.07) is 4.89. The Kier molecular flexibility index (Phi) is 3.33. The van der Waals surface area contributed by atoms with Gasteiger partial charge in [-0.3, -0.25) is 0 Å². The van der Waals surface area contributed by atoms with E-state index in [4.69, 9.17) is 17.3 Å². The summed E-state index contributed by atoms with van der Waals surface area (Å²) in [6.07, 6.45) is 6.49. The van der Waals surface area contributed by atoms with E-state index < -0.39 is 0 Å². The summed E-state index contributed by atoms with van der Waals surface area (Å²) in [4.78, 5) is 0. The molecule has 0 aromatic heterocycles. The Morgan fingerprint density at radius 1 is 1.33 bits per heavy atom. The molecule has 2 aliphatic rings. The largest absolute Gasteiger partial charge is 0.324 e. The molecule has 1 nitrogen and oxygen atoms in total. The molecule has 1 aromatic carbocycles. The van der Waals surface area contributed by atoms with Gasteiger partial charge in [-0.1, -0.05) is 24.1 Å². The van der Waals surface area contributed by atoms with Crippen molar-refractivity contribution in [3.8, 4) is 0 Å². The average molecular weight is 268 g/mol. The van der Waals surface area contributed by atoms with Gasteiger partial charge in [0.2, 0.25) is 0 Å². The van der Waals surface area contributed by atoms with Gasteiger partial charge in [-0.25, -0.2) is 4.39 Å². The molecule has 2 aliphatic carbocycles. The summed E-state index contributed by atoms with van der Waals surface area (Å²) < 4.78 is 13.4. The second kappa shape index (κ2) is 4.82. The molecule has 0 radical (unpaired) electrons. The van der Waals surface area contributed by atoms with Crippen LogP contribution >= 0.6 is 11.6 Å². The summed E-state index contributed by atoms with van der Waals surface area (Å²) in [5.41, 5.74) is 7.09. The van der Waals surface area contributed by atoms with Crippen LogP contribution in [0.2, 0.25) is 5.02 Å². The summed E-state index contributed by atoms with van der Waals surface area (Å²) in [6.45, 7) is 0. The Morgan fingerprint density at radius 3 is 2.78 bits per heavy atom. The third-order valence-electron chi connectivity index (χ3n) is 4.81. The molecule has 98 valence electrons. The van der Waals surface area contributed by atoms with Crippen LogP contribution < -0.4 is 5.73 Å². The second-order valence-electron chi connectivity index (χ2n) is 5.95. The lowest BCUT2D eigenvalue weighted by molar-refractivity contribution is 0.296. The third-order valence-corrected chi connectivity index (χ3v) is 5.12. The van der Waals surface area contributed by atoms with E-state index in [1.807, 2.05) is 6.07 Å². The lowest BCUT2D eigenvalue weighted by Gasteiger charge is -2.25. The van der Waals surface area contributed by atoms with E-state index in [0.717, 1.165) is 29.7 Å². The van der Waals surface area contributed by atoms with E-state index in [1.165, 1.54) is 31.7 Å². The van der Waals surface area contributed by atoms with Gasteiger partial charge in [0.25, 0.3) is 0 Å². The zero-order valence-electron chi connectivity index (χ0n) is 10.4. The van der Waals surface area contributed by atoms with E-state index in [2.05, 4.69) is 0 Å². The standard InChI is InChI=1S/C15H19ClFN/c16-13-4-3-11(7-14(13)17)15(18)8-12-6-9-1-2-10(12)5-9/h3-4,7,9-10,12,15H,1-2,5-6,8,18H2. The van der Waals surface area contributed by atoms with Gasteiger partial charge in [0.15, 0.2) is 0 Å². The third kappa shape index (κ3) is 2.28. The van der Waals surface area contributed by atoms with Crippen LogP contribution in [0.3, 0.4) is 0 Å². The maximum atomic E-state index is 13.4. The number of hydrogen-bond donors (Lipinski definition) is 1. The first-order valence-corrected chi connectivity index (χ1v) is 7.22. The monoisotopic (exact) mass is 267 g/mol. The Balaban J connectivity index is 1.67. The zero-order valence-corrected chi connectivity index (χ0v) is 11.2. The van der Waals surface area contributed by atoms with E-state index in [0.29, 0.717) is 0 Å². The van der Waals surface area contributed by atoms with Crippen LogP contribution in [-0.4, -0.2) is 0 Å². The molecular formula is C15H19ClFN. The van der Waals surface area contributed by atoms with Gasteiger partial charge in [-0.15, -0.1) is 0 Å². The van der Waals surface area contributed by atoms with Gasteiger partial charge in [-0.2, -0.15) is 0 Å². The lowest BCUT2D eigenvalue weighted by Crippen LogP contribution is -2.19. The van der Waals surface area contributed by atoms with Crippen LogP contribution in [0.25, 0.3) is 0 Å². The Morgan fingerprint density at radius 2 is 2.17 bits per heavy atom. The molecule has 0 spiro atoms. The molecule has 4 unspecified atom stereocenters. The smallest absolute Gasteiger partial charge is 0.142 e. The number of fused-ring (bicyclic) bond motifs is 2. The molecule has 2 fully saturated rings. The minimum Gasteiger partial charge on any atom is -0.324 e. The van der Waals surface area contributed by atoms with E-state index in [9.17, 15) is 4.39 Å². The maximum Gasteiger partial charge on any atom is 0.142 e. The molecule has 3 rings (SSSR count). The van der Waals surface area contributed by atoms with Crippen molar-refractivity contribution in [3.05, 3.63) is 34.6 Å². The van der Waals surface area contributed by atoms with Gasteiger partial charge in [0.05, 0.1) is 5.02 Å². The predicted octanol–water partition coefficient (Wildman–Crippen LogP) is 4.31. The first kappa shape index (κ1) is 12.4. The van der Waals surface area contributed by atoms with Crippen LogP contribution in [0.1, 0.15) is 43.7 Å². The number of halogens is 2. The van der Waals surface area contributed by atoms with Gasteiger partial charge >= 0.3 is 0 Å². The minimum atomic E-state index is -0.363. The zero-order chi connectivity index (χ0) is 12.7. The Hall–Kier alpha value is -0.600. The van der Waals surface area contributed by atoms with Crippen molar-refractivity contribution in [1.29, 1.82) is 0 Å². The Labute approximate surface area is 113 Å². The number of hydrogen-bond acceptors (Lipinski definition) is 1. The maximum absolute atomic E-state index is 13.4. The van der Waals surface area contributed by atoms with E-state index in [1.54, 1.807) is 6.07 Å². The van der Waals surface area contributed by atoms with Crippen LogP contribution in [0.15, 0.2) is 18.2 Å². The molecule has 1 aromatic rings. The quantitative estimate of drug-likeness (QED) is 0.868. The normalized spacial score (nSPS) is 31.8. The molecule has 0 aliphatic heterocycles. The van der Waals surface area contributed by atoms with Crippen LogP contribution in [-0.2, 0) is 0 Å². The van der Waals surface area contributed by atoms with Crippen LogP contribution in [0.5, 0.6) is 0 Å². The van der Waals surface area contributed by atoms with Crippen molar-refractivity contribution in [2.75, 3.05) is 0 Å². The van der Waals surface area contributed by atoms with Crippen molar-refractivity contribution in [2.24, 2.45) is 23.5 Å². The molecule has 0 heterocycles. The Bertz CT molecular complexity index is 448. The van der Waals surface area contributed by atoms with Gasteiger partial charge < -0.3 is 5.73 Å². The number of nitrogens with two attached hydrogens (primary N) is 1. The summed E-state index contributed by atoms with van der Waals surface area (Å²) >= 11 is 5.69. The summed E-state index contributed by atoms with van der Waals surface area (Å²) in [7, 11) is 0. The summed E-state index contributed by atoms with van der Waals surface area (Å²) in [5, 5.41) is 0.172. The van der Waals surface area contributed by atoms with E-state index in [-0.39, 0.29) is 16.9 Å². The first-order valence-electron chi connectivity index (χ1n) is 6.84. The second-order valence-corrected chi connectivity index (χ2v) is 6.36. The van der Waals surface area contributed by atoms with Gasteiger partial charge in [0, 0.05) is 6.04 Å². The highest BCUT2D eigenvalue weighted by atomic mass is 35.5. The summed E-state index contributed by atoms with van der Waals surface area (Å²) in [5.74, 6) is 2.20. The molecular weight excluding hydrogens is 249 g/mol. The molecule has 0 amide bonds. The molecule has 18 heavy (non-hydrogen) atoms. The van der Waals surface area contributed by atoms with Crippen molar-refractivity contribution in [3.63, 3.8) is 0 Å². The van der Waals surface area contributed by atoms with Gasteiger partial charge in [0.1, 0.15) is 5.82 Å². The fourth-order valence-corrected chi connectivity index (χ4v) is 3.99. The number of rotatable bonds is 3. The fraction of sp³-hybridized carbons (Fsp3) is 0.600. The molecule has 2 bridgehead atoms. The van der Waals surface area contributed by atoms with Crippen molar-refractivity contribution in [2.45, 2.75) is 38.1 Å². The SMILES string of the molecule is NC(CC1CC2CCC1C2)c1ccc(Cl)c(F)c1. The van der Waals surface area contributed by atoms with Crippen molar-refractivity contribution < 1.29 is 4.39 Å². The van der Waals surface area contributed by atoms with Crippen molar-refractivity contribution >= 4 is 11.6 Å². The average Bonchev–Trinajstić information content (AvgIpc) is 2.94. The van der Waals surface area contributed by atoms with Gasteiger partial charge in [-0.05, 0) is 61.1 Å². The van der Waals surface area contributed by atoms with E-state index >= 15 is 0 Å². The van der Waals surface area contributed by atoms with Crippen LogP contribution in [0, 0.1) is 23.6 Å². The lowest BCUT2D eigenvalue weighted by atomic mass is 9.83. The highest BCUT2D eigenvalue weighted by molar-refractivity contribution is 6.30.